The summed E-state index contributed by atoms with van der Waals surface area (Å²) in [4.78, 5) is 14.7. The van der Waals surface area contributed by atoms with Crippen molar-refractivity contribution in [1.82, 2.24) is 9.88 Å². The number of aldehydes is 1. The normalized spacial score (nSPS) is 20.3. The molecule has 30 heavy (non-hydrogen) atoms. The van der Waals surface area contributed by atoms with Gasteiger partial charge in [-0.15, -0.1) is 0 Å². The lowest BCUT2D eigenvalue weighted by molar-refractivity contribution is -0.104. The first-order valence-electron chi connectivity index (χ1n) is 9.92. The summed E-state index contributed by atoms with van der Waals surface area (Å²) in [6, 6.07) is 7.04. The van der Waals surface area contributed by atoms with Crippen LogP contribution in [0.5, 0.6) is 5.75 Å². The van der Waals surface area contributed by atoms with Gasteiger partial charge in [-0.25, -0.2) is 0 Å². The molecule has 3 heterocycles. The molecule has 0 radical (unpaired) electrons. The van der Waals surface area contributed by atoms with Crippen molar-refractivity contribution in [3.63, 3.8) is 0 Å². The Morgan fingerprint density at radius 1 is 1.40 bits per heavy atom. The first-order valence-corrected chi connectivity index (χ1v) is 9.92. The average molecular weight is 411 g/mol. The number of phenolic OH excluding ortho intramolecular Hbond substituents is 1. The number of benzene rings is 1. The van der Waals surface area contributed by atoms with Crippen LogP contribution in [0.2, 0.25) is 0 Å². The molecule has 7 nitrogen and oxygen atoms in total. The van der Waals surface area contributed by atoms with Crippen molar-refractivity contribution in [2.45, 2.75) is 24.9 Å². The van der Waals surface area contributed by atoms with Crippen molar-refractivity contribution < 1.29 is 14.6 Å². The number of para-hydroxylation sites is 1. The van der Waals surface area contributed by atoms with Crippen molar-refractivity contribution in [3.05, 3.63) is 59.3 Å². The number of likely N-dealkylation sites (N-methyl/N-ethyl adjacent to an activating group) is 1. The van der Waals surface area contributed by atoms with Gasteiger partial charge in [-0.05, 0) is 50.2 Å². The van der Waals surface area contributed by atoms with Crippen LogP contribution >= 0.6 is 0 Å². The van der Waals surface area contributed by atoms with Crippen molar-refractivity contribution in [3.8, 4) is 5.75 Å². The third kappa shape index (κ3) is 4.27. The molecule has 1 aromatic heterocycles. The number of allylic oxidation sites excluding steroid dienone is 1. The number of likely N-dealkylation sites (tertiary alicyclic amines) is 1. The second-order valence-electron chi connectivity index (χ2n) is 8.05. The van der Waals surface area contributed by atoms with Crippen molar-refractivity contribution >= 4 is 23.9 Å². The van der Waals surface area contributed by atoms with E-state index in [4.69, 9.17) is 21.0 Å². The fourth-order valence-electron chi connectivity index (χ4n) is 4.39. The third-order valence-electron chi connectivity index (χ3n) is 5.71. The van der Waals surface area contributed by atoms with Gasteiger partial charge in [0, 0.05) is 41.5 Å². The predicted molar refractivity (Wildman–Crippen MR) is 120 cm³/mol. The highest BCUT2D eigenvalue weighted by molar-refractivity contribution is 5.85. The molecule has 2 aromatic rings. The van der Waals surface area contributed by atoms with Crippen LogP contribution in [0, 0.1) is 6.92 Å². The fourth-order valence-corrected chi connectivity index (χ4v) is 4.39. The maximum atomic E-state index is 10.0. The Morgan fingerprint density at radius 2 is 2.07 bits per heavy atom. The largest absolute Gasteiger partial charge is 0.507 e. The van der Waals surface area contributed by atoms with E-state index < -0.39 is 0 Å². The van der Waals surface area contributed by atoms with E-state index in [0.717, 1.165) is 36.3 Å². The number of nitrogens with two attached hydrogens (primary N) is 2. The Hall–Kier alpha value is -3.03. The lowest BCUT2D eigenvalue weighted by Crippen LogP contribution is -2.59. The molecule has 2 fully saturated rings. The number of rotatable bonds is 4. The molecule has 1 aromatic carbocycles. The number of hydrogen-bond acceptors (Lipinski definition) is 6. The second kappa shape index (κ2) is 8.77. The monoisotopic (exact) mass is 410 g/mol. The molecular formula is C23H30N4O3. The molecule has 6 N–H and O–H groups in total. The van der Waals surface area contributed by atoms with Gasteiger partial charge in [0.1, 0.15) is 17.9 Å². The molecule has 1 atom stereocenters. The van der Waals surface area contributed by atoms with Crippen molar-refractivity contribution in [2.24, 2.45) is 5.73 Å². The van der Waals surface area contributed by atoms with Gasteiger partial charge < -0.3 is 31.2 Å². The molecule has 0 saturated carbocycles. The number of carbonyl (C=O) groups excluding carboxylic acids is 1. The molecule has 2 aliphatic rings. The van der Waals surface area contributed by atoms with Gasteiger partial charge in [0.05, 0.1) is 12.2 Å². The molecule has 2 saturated heterocycles. The number of phenols is 1. The summed E-state index contributed by atoms with van der Waals surface area (Å²) >= 11 is 0. The molecule has 0 bridgehead atoms. The number of ether oxygens (including phenoxy) is 1. The van der Waals surface area contributed by atoms with E-state index in [1.165, 1.54) is 6.08 Å². The Balaban J connectivity index is 0.000000589. The zero-order valence-corrected chi connectivity index (χ0v) is 17.5. The topological polar surface area (TPSA) is 118 Å². The lowest BCUT2D eigenvalue weighted by Gasteiger charge is -2.45. The number of H-pyrrole nitrogens is 1. The van der Waals surface area contributed by atoms with Crippen LogP contribution in [-0.4, -0.2) is 53.6 Å². The van der Waals surface area contributed by atoms with Crippen molar-refractivity contribution in [1.29, 1.82) is 0 Å². The summed E-state index contributed by atoms with van der Waals surface area (Å²) in [6.07, 6.45) is 4.68. The Morgan fingerprint density at radius 3 is 2.67 bits per heavy atom. The lowest BCUT2D eigenvalue weighted by atomic mass is 9.85. The first-order chi connectivity index (χ1) is 14.3. The summed E-state index contributed by atoms with van der Waals surface area (Å²) in [6.45, 7) is 7.87. The first kappa shape index (κ1) is 21.7. The number of nitrogens with zero attached hydrogens (tertiary/aromatic N) is 1. The molecule has 4 rings (SSSR count). The Bertz CT molecular complexity index is 951. The van der Waals surface area contributed by atoms with Gasteiger partial charge >= 0.3 is 0 Å². The maximum Gasteiger partial charge on any atom is 0.142 e. The molecule has 1 spiro atoms. The van der Waals surface area contributed by atoms with Crippen LogP contribution < -0.4 is 11.5 Å². The highest BCUT2D eigenvalue weighted by Gasteiger charge is 2.49. The number of nitrogen functional groups attached to an aromatic ring is 1. The number of hydrogen-bond donors (Lipinski definition) is 4. The molecule has 2 aliphatic heterocycles. The summed E-state index contributed by atoms with van der Waals surface area (Å²) in [7, 11) is 2.12. The number of nitrogens with one attached hydrogen (secondary N) is 1. The van der Waals surface area contributed by atoms with Gasteiger partial charge in [-0.3, -0.25) is 4.79 Å². The minimum atomic E-state index is 0.0105. The number of carbonyl (C=O) groups is 1. The van der Waals surface area contributed by atoms with Crippen LogP contribution in [0.25, 0.3) is 11.8 Å². The van der Waals surface area contributed by atoms with E-state index in [1.54, 1.807) is 18.2 Å². The predicted octanol–water partition coefficient (Wildman–Crippen LogP) is 2.63. The van der Waals surface area contributed by atoms with Gasteiger partial charge in [0.2, 0.25) is 0 Å². The van der Waals surface area contributed by atoms with Crippen LogP contribution in [-0.2, 0) is 9.53 Å². The summed E-state index contributed by atoms with van der Waals surface area (Å²) < 4.78 is 6.11. The van der Waals surface area contributed by atoms with Crippen LogP contribution in [0.3, 0.4) is 0 Å². The van der Waals surface area contributed by atoms with E-state index in [1.807, 2.05) is 12.1 Å². The summed E-state index contributed by atoms with van der Waals surface area (Å²) in [5, 5.41) is 10.0. The number of anilines is 1. The van der Waals surface area contributed by atoms with Crippen LogP contribution in [0.15, 0.2) is 36.9 Å². The SMILES string of the molecule is C=CC=O.Cc1c(C2COC3(C2)CN(C)C3)[nH]c(N)c1/C=C(\N)c1ccccc1O. The summed E-state index contributed by atoms with van der Waals surface area (Å²) in [5.74, 6) is 1.08. The molecule has 1 unspecified atom stereocenters. The average Bonchev–Trinajstić information content (AvgIpc) is 3.25. The number of aromatic nitrogens is 1. The quantitative estimate of drug-likeness (QED) is 0.455. The zero-order valence-electron chi connectivity index (χ0n) is 17.5. The number of aromatic hydroxyl groups is 1. The summed E-state index contributed by atoms with van der Waals surface area (Å²) in [5.41, 5.74) is 16.7. The van der Waals surface area contributed by atoms with Gasteiger partial charge in [0.15, 0.2) is 0 Å². The van der Waals surface area contributed by atoms with Crippen LogP contribution in [0.1, 0.15) is 34.7 Å². The molecule has 160 valence electrons. The third-order valence-corrected chi connectivity index (χ3v) is 5.71. The molecular weight excluding hydrogens is 380 g/mol. The molecule has 0 aliphatic carbocycles. The minimum absolute atomic E-state index is 0.0105. The second-order valence-corrected chi connectivity index (χ2v) is 8.05. The number of aromatic amines is 1. The highest BCUT2D eigenvalue weighted by atomic mass is 16.5. The van der Waals surface area contributed by atoms with E-state index in [9.17, 15) is 5.11 Å². The van der Waals surface area contributed by atoms with Crippen LogP contribution in [0.4, 0.5) is 5.82 Å². The van der Waals surface area contributed by atoms with E-state index in [2.05, 4.69) is 30.4 Å². The van der Waals surface area contributed by atoms with Crippen molar-refractivity contribution in [2.75, 3.05) is 32.5 Å². The Labute approximate surface area is 177 Å². The van der Waals surface area contributed by atoms with E-state index in [0.29, 0.717) is 35.9 Å². The smallest absolute Gasteiger partial charge is 0.142 e. The maximum absolute atomic E-state index is 10.0. The standard InChI is InChI=1S/C20H26N4O2.C3H4O/c1-12-15(7-16(21)14-5-3-4-6-17(14)25)19(22)23-18(12)13-8-20(26-9-13)10-24(2)11-20;1-2-3-4/h3-7,13,23,25H,8-11,21-22H2,1-2H3;2-3H,1H2/b16-7-;. The molecule has 7 heteroatoms. The van der Waals surface area contributed by atoms with Gasteiger partial charge in [-0.1, -0.05) is 18.7 Å². The fraction of sp³-hybridized carbons (Fsp3) is 0.348. The zero-order chi connectivity index (χ0) is 21.9. The van der Waals surface area contributed by atoms with E-state index >= 15 is 0 Å². The minimum Gasteiger partial charge on any atom is -0.507 e. The van der Waals surface area contributed by atoms with Gasteiger partial charge in [-0.2, -0.15) is 0 Å². The molecule has 0 amide bonds. The van der Waals surface area contributed by atoms with E-state index in [-0.39, 0.29) is 11.4 Å². The Kier molecular flexibility index (Phi) is 6.34. The van der Waals surface area contributed by atoms with Gasteiger partial charge in [0.25, 0.3) is 0 Å². The highest BCUT2D eigenvalue weighted by Crippen LogP contribution is 2.43.